The molecule has 2 heterocycles. The zero-order chi connectivity index (χ0) is 16.6. The number of hydrogen-bond acceptors (Lipinski definition) is 4. The van der Waals surface area contributed by atoms with Crippen LogP contribution in [0, 0.1) is 6.92 Å². The minimum atomic E-state index is -0.270. The molecule has 1 aromatic heterocycles. The van der Waals surface area contributed by atoms with Crippen LogP contribution < -0.4 is 10.2 Å². The normalized spacial score (nSPS) is 17.2. The Balaban J connectivity index is 2.12. The molecular formula is C17H19N3O2S. The second-order valence-corrected chi connectivity index (χ2v) is 6.88. The first kappa shape index (κ1) is 15.6. The fraction of sp³-hybridized carbons (Fsp3) is 0.294. The number of anilines is 1. The molecule has 0 saturated carbocycles. The van der Waals surface area contributed by atoms with Crippen molar-refractivity contribution < 1.29 is 9.59 Å². The molecule has 0 saturated heterocycles. The topological polar surface area (TPSA) is 52.7 Å². The Morgan fingerprint density at radius 3 is 2.65 bits per heavy atom. The molecule has 0 spiro atoms. The zero-order valence-corrected chi connectivity index (χ0v) is 14.2. The van der Waals surface area contributed by atoms with E-state index in [1.807, 2.05) is 42.2 Å². The third kappa shape index (κ3) is 2.70. The Morgan fingerprint density at radius 1 is 1.26 bits per heavy atom. The van der Waals surface area contributed by atoms with Crippen LogP contribution in [0.3, 0.4) is 0 Å². The standard InChI is InChI=1S/C17H19N3O2S/c1-11-8-9-14(23-11)16-19(3)17(22)12-6-4-5-7-13(12)20(16)10-15(21)18-2/h4-9,16H,10H2,1-3H3,(H,18,21)/t16-/m0/s1. The van der Waals surface area contributed by atoms with E-state index in [0.29, 0.717) is 5.56 Å². The summed E-state index contributed by atoms with van der Waals surface area (Å²) in [5, 5.41) is 2.67. The summed E-state index contributed by atoms with van der Waals surface area (Å²) in [6.07, 6.45) is -0.270. The molecule has 5 nitrogen and oxygen atoms in total. The van der Waals surface area contributed by atoms with Gasteiger partial charge in [-0.1, -0.05) is 12.1 Å². The number of benzene rings is 1. The molecule has 1 atom stereocenters. The largest absolute Gasteiger partial charge is 0.358 e. The van der Waals surface area contributed by atoms with Gasteiger partial charge in [-0.2, -0.15) is 0 Å². The van der Waals surface area contributed by atoms with Gasteiger partial charge in [0, 0.05) is 23.8 Å². The molecular weight excluding hydrogens is 310 g/mol. The van der Waals surface area contributed by atoms with Crippen molar-refractivity contribution in [3.63, 3.8) is 0 Å². The highest BCUT2D eigenvalue weighted by atomic mass is 32.1. The summed E-state index contributed by atoms with van der Waals surface area (Å²) >= 11 is 1.65. The number of likely N-dealkylation sites (N-methyl/N-ethyl adjacent to an activating group) is 1. The molecule has 3 rings (SSSR count). The summed E-state index contributed by atoms with van der Waals surface area (Å²) in [5.74, 6) is -0.106. The number of rotatable bonds is 3. The van der Waals surface area contributed by atoms with Crippen molar-refractivity contribution in [1.82, 2.24) is 10.2 Å². The van der Waals surface area contributed by atoms with Crippen LogP contribution in [0.15, 0.2) is 36.4 Å². The Bertz CT molecular complexity index is 756. The van der Waals surface area contributed by atoms with Crippen LogP contribution in [0.1, 0.15) is 26.3 Å². The number of carbonyl (C=O) groups is 2. The summed E-state index contributed by atoms with van der Waals surface area (Å²) in [5.41, 5.74) is 1.43. The van der Waals surface area contributed by atoms with E-state index >= 15 is 0 Å². The number of nitrogens with one attached hydrogen (secondary N) is 1. The van der Waals surface area contributed by atoms with Crippen LogP contribution >= 0.6 is 11.3 Å². The quantitative estimate of drug-likeness (QED) is 0.941. The summed E-state index contributed by atoms with van der Waals surface area (Å²) in [6.45, 7) is 2.24. The van der Waals surface area contributed by atoms with Crippen molar-refractivity contribution in [1.29, 1.82) is 0 Å². The number of para-hydroxylation sites is 1. The van der Waals surface area contributed by atoms with E-state index in [0.717, 1.165) is 10.6 Å². The molecule has 1 aromatic carbocycles. The van der Waals surface area contributed by atoms with Gasteiger partial charge in [-0.05, 0) is 31.2 Å². The zero-order valence-electron chi connectivity index (χ0n) is 13.4. The van der Waals surface area contributed by atoms with Crippen LogP contribution in [0.4, 0.5) is 5.69 Å². The minimum Gasteiger partial charge on any atom is -0.358 e. The molecule has 23 heavy (non-hydrogen) atoms. The summed E-state index contributed by atoms with van der Waals surface area (Å²) in [4.78, 5) is 30.6. The van der Waals surface area contributed by atoms with Gasteiger partial charge in [0.15, 0.2) is 0 Å². The SMILES string of the molecule is CNC(=O)CN1c2ccccc2C(=O)N(C)[C@@H]1c1ccc(C)s1. The molecule has 0 unspecified atom stereocenters. The molecule has 1 aliphatic rings. The maximum absolute atomic E-state index is 12.7. The van der Waals surface area contributed by atoms with Crippen molar-refractivity contribution in [3.8, 4) is 0 Å². The average Bonchev–Trinajstić information content (AvgIpc) is 2.98. The van der Waals surface area contributed by atoms with E-state index in [-0.39, 0.29) is 24.5 Å². The predicted molar refractivity (Wildman–Crippen MR) is 91.7 cm³/mol. The monoisotopic (exact) mass is 329 g/mol. The molecule has 0 fully saturated rings. The van der Waals surface area contributed by atoms with Gasteiger partial charge in [0.2, 0.25) is 5.91 Å². The van der Waals surface area contributed by atoms with Crippen molar-refractivity contribution in [3.05, 3.63) is 51.7 Å². The maximum atomic E-state index is 12.7. The highest BCUT2D eigenvalue weighted by Crippen LogP contribution is 2.39. The van der Waals surface area contributed by atoms with E-state index in [1.165, 1.54) is 4.88 Å². The first-order valence-electron chi connectivity index (χ1n) is 7.42. The molecule has 6 heteroatoms. The lowest BCUT2D eigenvalue weighted by Gasteiger charge is -2.43. The lowest BCUT2D eigenvalue weighted by molar-refractivity contribution is -0.119. The van der Waals surface area contributed by atoms with Gasteiger partial charge in [0.1, 0.15) is 6.17 Å². The molecule has 0 aliphatic carbocycles. The maximum Gasteiger partial charge on any atom is 0.257 e. The highest BCUT2D eigenvalue weighted by Gasteiger charge is 2.37. The van der Waals surface area contributed by atoms with Crippen LogP contribution in [0.25, 0.3) is 0 Å². The smallest absolute Gasteiger partial charge is 0.257 e. The molecule has 0 bridgehead atoms. The van der Waals surface area contributed by atoms with Gasteiger partial charge in [0.25, 0.3) is 5.91 Å². The van der Waals surface area contributed by atoms with E-state index < -0.39 is 0 Å². The highest BCUT2D eigenvalue weighted by molar-refractivity contribution is 7.12. The van der Waals surface area contributed by atoms with Gasteiger partial charge in [-0.3, -0.25) is 9.59 Å². The fourth-order valence-corrected chi connectivity index (χ4v) is 3.92. The predicted octanol–water partition coefficient (Wildman–Crippen LogP) is 2.39. The minimum absolute atomic E-state index is 0.0233. The van der Waals surface area contributed by atoms with E-state index in [9.17, 15) is 9.59 Å². The Kier molecular flexibility index (Phi) is 4.09. The third-order valence-electron chi connectivity index (χ3n) is 4.03. The van der Waals surface area contributed by atoms with Gasteiger partial charge in [0.05, 0.1) is 17.8 Å². The third-order valence-corrected chi connectivity index (χ3v) is 5.08. The lowest BCUT2D eigenvalue weighted by atomic mass is 10.0. The van der Waals surface area contributed by atoms with Crippen molar-refractivity contribution in [2.45, 2.75) is 13.1 Å². The summed E-state index contributed by atoms with van der Waals surface area (Å²) in [7, 11) is 3.41. The number of nitrogens with zero attached hydrogens (tertiary/aromatic N) is 2. The van der Waals surface area contributed by atoms with E-state index in [2.05, 4.69) is 5.32 Å². The number of amides is 2. The van der Waals surface area contributed by atoms with Crippen molar-refractivity contribution in [2.75, 3.05) is 25.5 Å². The molecule has 0 radical (unpaired) electrons. The number of hydrogen-bond donors (Lipinski definition) is 1. The van der Waals surface area contributed by atoms with Crippen LogP contribution in [-0.4, -0.2) is 37.4 Å². The second kappa shape index (κ2) is 6.04. The Labute approximate surface area is 139 Å². The van der Waals surface area contributed by atoms with Crippen LogP contribution in [0.5, 0.6) is 0 Å². The number of aryl methyl sites for hydroxylation is 1. The number of fused-ring (bicyclic) bond motifs is 1. The van der Waals surface area contributed by atoms with E-state index in [4.69, 9.17) is 0 Å². The summed E-state index contributed by atoms with van der Waals surface area (Å²) < 4.78 is 0. The average molecular weight is 329 g/mol. The van der Waals surface area contributed by atoms with Gasteiger partial charge in [-0.15, -0.1) is 11.3 Å². The second-order valence-electron chi connectivity index (χ2n) is 5.56. The first-order valence-corrected chi connectivity index (χ1v) is 8.24. The molecule has 120 valence electrons. The lowest BCUT2D eigenvalue weighted by Crippen LogP contribution is -2.50. The van der Waals surface area contributed by atoms with Crippen LogP contribution in [0.2, 0.25) is 0 Å². The van der Waals surface area contributed by atoms with Crippen molar-refractivity contribution in [2.24, 2.45) is 0 Å². The van der Waals surface area contributed by atoms with Crippen LogP contribution in [-0.2, 0) is 4.79 Å². The molecule has 2 amide bonds. The van der Waals surface area contributed by atoms with Gasteiger partial charge >= 0.3 is 0 Å². The number of carbonyl (C=O) groups excluding carboxylic acids is 2. The number of thiophene rings is 1. The first-order chi connectivity index (χ1) is 11.0. The Hall–Kier alpha value is -2.34. The molecule has 1 N–H and O–H groups in total. The van der Waals surface area contributed by atoms with Gasteiger partial charge < -0.3 is 15.1 Å². The summed E-state index contributed by atoms with van der Waals surface area (Å²) in [6, 6.07) is 11.5. The molecule has 1 aliphatic heterocycles. The fourth-order valence-electron chi connectivity index (χ4n) is 2.89. The van der Waals surface area contributed by atoms with E-state index in [1.54, 1.807) is 36.4 Å². The van der Waals surface area contributed by atoms with Crippen molar-refractivity contribution >= 4 is 28.8 Å². The van der Waals surface area contributed by atoms with Gasteiger partial charge in [-0.25, -0.2) is 0 Å². The Morgan fingerprint density at radius 2 is 2.00 bits per heavy atom. The molecule has 2 aromatic rings.